The first kappa shape index (κ1) is 27.9. The quantitative estimate of drug-likeness (QED) is 0.247. The van der Waals surface area contributed by atoms with Crippen LogP contribution < -0.4 is 19.6 Å². The summed E-state index contributed by atoms with van der Waals surface area (Å²) in [6, 6.07) is 19.9. The summed E-state index contributed by atoms with van der Waals surface area (Å²) >= 11 is 13.5. The van der Waals surface area contributed by atoms with Crippen LogP contribution >= 0.6 is 34.5 Å². The molecule has 9 heteroatoms. The van der Waals surface area contributed by atoms with Crippen molar-refractivity contribution in [1.82, 2.24) is 4.57 Å². The van der Waals surface area contributed by atoms with Gasteiger partial charge in [-0.3, -0.25) is 9.36 Å². The van der Waals surface area contributed by atoms with Crippen LogP contribution in [0.25, 0.3) is 6.08 Å². The van der Waals surface area contributed by atoms with Gasteiger partial charge in [0.2, 0.25) is 0 Å². The van der Waals surface area contributed by atoms with E-state index in [4.69, 9.17) is 32.7 Å². The number of aryl methyl sites for hydroxylation is 1. The van der Waals surface area contributed by atoms with Gasteiger partial charge in [-0.05, 0) is 62.2 Å². The molecule has 0 bridgehead atoms. The first-order valence-corrected chi connectivity index (χ1v) is 14.3. The van der Waals surface area contributed by atoms with E-state index in [9.17, 15) is 9.59 Å². The maximum atomic E-state index is 13.7. The molecule has 2 heterocycles. The minimum absolute atomic E-state index is 0.221. The Balaban J connectivity index is 1.48. The van der Waals surface area contributed by atoms with E-state index < -0.39 is 12.0 Å². The van der Waals surface area contributed by atoms with Crippen LogP contribution in [0, 0.1) is 6.92 Å². The first-order chi connectivity index (χ1) is 19.2. The summed E-state index contributed by atoms with van der Waals surface area (Å²) in [4.78, 5) is 31.9. The van der Waals surface area contributed by atoms with Gasteiger partial charge in [0.05, 0.1) is 28.5 Å². The van der Waals surface area contributed by atoms with Crippen molar-refractivity contribution < 1.29 is 14.3 Å². The second-order valence-corrected chi connectivity index (χ2v) is 11.2. The molecule has 40 heavy (non-hydrogen) atoms. The van der Waals surface area contributed by atoms with Crippen LogP contribution in [-0.4, -0.2) is 17.1 Å². The average Bonchev–Trinajstić information content (AvgIpc) is 3.23. The number of carbonyl (C=O) groups is 1. The molecule has 0 N–H and O–H groups in total. The number of esters is 1. The van der Waals surface area contributed by atoms with Crippen molar-refractivity contribution in [3.63, 3.8) is 0 Å². The van der Waals surface area contributed by atoms with Crippen molar-refractivity contribution in [3.8, 4) is 5.75 Å². The normalized spacial score (nSPS) is 15.0. The predicted octanol–water partition coefficient (Wildman–Crippen LogP) is 5.99. The maximum Gasteiger partial charge on any atom is 0.338 e. The number of hydrogen-bond acceptors (Lipinski definition) is 6. The first-order valence-electron chi connectivity index (χ1n) is 12.7. The lowest BCUT2D eigenvalue weighted by atomic mass is 9.95. The van der Waals surface area contributed by atoms with Gasteiger partial charge < -0.3 is 9.47 Å². The highest BCUT2D eigenvalue weighted by atomic mass is 35.5. The highest BCUT2D eigenvalue weighted by molar-refractivity contribution is 7.07. The molecule has 1 aromatic heterocycles. The number of rotatable bonds is 7. The fourth-order valence-corrected chi connectivity index (χ4v) is 5.98. The van der Waals surface area contributed by atoms with Crippen LogP contribution in [0.3, 0.4) is 0 Å². The van der Waals surface area contributed by atoms with Crippen LogP contribution in [0.4, 0.5) is 0 Å². The van der Waals surface area contributed by atoms with E-state index in [1.54, 1.807) is 30.5 Å². The van der Waals surface area contributed by atoms with Crippen LogP contribution in [0.15, 0.2) is 87.8 Å². The number of benzene rings is 3. The molecule has 5 rings (SSSR count). The smallest absolute Gasteiger partial charge is 0.338 e. The molecule has 1 aliphatic rings. The Kier molecular flexibility index (Phi) is 8.26. The van der Waals surface area contributed by atoms with Crippen molar-refractivity contribution in [3.05, 3.63) is 130 Å². The molecule has 1 atom stereocenters. The molecule has 1 aliphatic heterocycles. The molecular formula is C31H26Cl2N2O4S. The molecule has 0 radical (unpaired) electrons. The summed E-state index contributed by atoms with van der Waals surface area (Å²) in [5, 5.41) is 1.12. The Bertz CT molecular complexity index is 1790. The molecule has 0 spiro atoms. The molecule has 0 unspecified atom stereocenters. The minimum Gasteiger partial charge on any atom is -0.489 e. The van der Waals surface area contributed by atoms with Crippen molar-refractivity contribution in [2.45, 2.75) is 33.4 Å². The second-order valence-electron chi connectivity index (χ2n) is 9.31. The second kappa shape index (κ2) is 11.8. The van der Waals surface area contributed by atoms with E-state index in [0.29, 0.717) is 43.0 Å². The van der Waals surface area contributed by atoms with Gasteiger partial charge in [0.25, 0.3) is 5.56 Å². The molecule has 3 aromatic carbocycles. The number of hydrogen-bond donors (Lipinski definition) is 0. The number of ether oxygens (including phenoxy) is 2. The summed E-state index contributed by atoms with van der Waals surface area (Å²) in [7, 11) is 0. The van der Waals surface area contributed by atoms with E-state index in [2.05, 4.69) is 4.99 Å². The van der Waals surface area contributed by atoms with Crippen molar-refractivity contribution in [2.24, 2.45) is 4.99 Å². The number of carbonyl (C=O) groups excluding carboxylic acids is 1. The number of allylic oxidation sites excluding steroid dienone is 1. The molecule has 204 valence electrons. The van der Waals surface area contributed by atoms with Gasteiger partial charge in [0.1, 0.15) is 12.4 Å². The van der Waals surface area contributed by atoms with Crippen molar-refractivity contribution in [2.75, 3.05) is 6.61 Å². The van der Waals surface area contributed by atoms with Crippen molar-refractivity contribution in [1.29, 1.82) is 0 Å². The third-order valence-electron chi connectivity index (χ3n) is 6.50. The highest BCUT2D eigenvalue weighted by Gasteiger charge is 2.33. The van der Waals surface area contributed by atoms with Crippen molar-refractivity contribution >= 4 is 46.6 Å². The number of aromatic nitrogens is 1. The summed E-state index contributed by atoms with van der Waals surface area (Å²) in [5.41, 5.74) is 4.25. The van der Waals surface area contributed by atoms with Gasteiger partial charge in [-0.25, -0.2) is 9.79 Å². The zero-order valence-electron chi connectivity index (χ0n) is 22.1. The van der Waals surface area contributed by atoms with Crippen LogP contribution in [-0.2, 0) is 16.1 Å². The van der Waals surface area contributed by atoms with Crippen LogP contribution in [0.1, 0.15) is 42.1 Å². The largest absolute Gasteiger partial charge is 0.489 e. The van der Waals surface area contributed by atoms with Gasteiger partial charge >= 0.3 is 5.97 Å². The summed E-state index contributed by atoms with van der Waals surface area (Å²) in [6.45, 7) is 6.06. The highest BCUT2D eigenvalue weighted by Crippen LogP contribution is 2.31. The van der Waals surface area contributed by atoms with Crippen LogP contribution in [0.5, 0.6) is 5.75 Å². The Morgan fingerprint density at radius 3 is 2.45 bits per heavy atom. The summed E-state index contributed by atoms with van der Waals surface area (Å²) < 4.78 is 13.3. The van der Waals surface area contributed by atoms with E-state index in [1.807, 2.05) is 67.6 Å². The Hall–Kier alpha value is -3.65. The minimum atomic E-state index is -0.631. The number of thiazole rings is 1. The van der Waals surface area contributed by atoms with E-state index >= 15 is 0 Å². The molecule has 0 amide bonds. The molecule has 4 aromatic rings. The van der Waals surface area contributed by atoms with E-state index in [1.165, 1.54) is 11.3 Å². The van der Waals surface area contributed by atoms with Crippen LogP contribution in [0.2, 0.25) is 10.0 Å². The van der Waals surface area contributed by atoms with Gasteiger partial charge in [-0.15, -0.1) is 0 Å². The zero-order valence-corrected chi connectivity index (χ0v) is 24.4. The zero-order chi connectivity index (χ0) is 28.4. The lowest BCUT2D eigenvalue weighted by Crippen LogP contribution is -2.39. The maximum absolute atomic E-state index is 13.7. The standard InChI is InChI=1S/C31H26Cl2N2O4S/c1-4-38-30(37)27-19(3)34-31-35(28(27)21-9-5-18(2)6-10-21)29(36)26(40-31)15-20-7-13-24(14-8-20)39-17-22-11-12-23(32)16-25(22)33/h5-16,28H,4,17H2,1-3H3/b26-15-/t28-/m0/s1. The third kappa shape index (κ3) is 5.77. The summed E-state index contributed by atoms with van der Waals surface area (Å²) in [5.74, 6) is 0.192. The fourth-order valence-electron chi connectivity index (χ4n) is 4.47. The molecule has 0 saturated carbocycles. The topological polar surface area (TPSA) is 69.9 Å². The Morgan fingerprint density at radius 2 is 1.77 bits per heavy atom. The van der Waals surface area contributed by atoms with E-state index in [-0.39, 0.29) is 12.2 Å². The Morgan fingerprint density at radius 1 is 1.05 bits per heavy atom. The van der Waals surface area contributed by atoms with E-state index in [0.717, 1.165) is 22.3 Å². The van der Waals surface area contributed by atoms with Gasteiger partial charge in [-0.1, -0.05) is 82.6 Å². The van der Waals surface area contributed by atoms with Gasteiger partial charge in [-0.2, -0.15) is 0 Å². The lowest BCUT2D eigenvalue weighted by Gasteiger charge is -2.24. The molecular weight excluding hydrogens is 567 g/mol. The number of nitrogens with zero attached hydrogens (tertiary/aromatic N) is 2. The van der Waals surface area contributed by atoms with Gasteiger partial charge in [0.15, 0.2) is 4.80 Å². The number of halogens is 2. The fraction of sp³-hybridized carbons (Fsp3) is 0.194. The molecule has 0 aliphatic carbocycles. The van der Waals surface area contributed by atoms with Gasteiger partial charge in [0, 0.05) is 15.6 Å². The monoisotopic (exact) mass is 592 g/mol. The molecule has 0 fully saturated rings. The third-order valence-corrected chi connectivity index (χ3v) is 8.07. The lowest BCUT2D eigenvalue weighted by molar-refractivity contribution is -0.139. The summed E-state index contributed by atoms with van der Waals surface area (Å²) in [6.07, 6.45) is 1.82. The average molecular weight is 594 g/mol. The molecule has 0 saturated heterocycles. The predicted molar refractivity (Wildman–Crippen MR) is 159 cm³/mol. The number of fused-ring (bicyclic) bond motifs is 1. The Labute approximate surface area is 245 Å². The molecule has 6 nitrogen and oxygen atoms in total. The SMILES string of the molecule is CCOC(=O)C1=C(C)N=c2s/c(=C\c3ccc(OCc4ccc(Cl)cc4Cl)cc3)c(=O)n2[C@H]1c1ccc(C)cc1.